The maximum absolute atomic E-state index is 13.6. The molecule has 4 rings (SSSR count). The monoisotopic (exact) mass is 411 g/mol. The summed E-state index contributed by atoms with van der Waals surface area (Å²) in [6, 6.07) is 10.4. The van der Waals surface area contributed by atoms with Crippen LogP contribution < -0.4 is 15.1 Å². The van der Waals surface area contributed by atoms with E-state index >= 15 is 0 Å². The lowest BCUT2D eigenvalue weighted by Gasteiger charge is -2.44. The van der Waals surface area contributed by atoms with Gasteiger partial charge in [-0.05, 0) is 45.0 Å². The average Bonchev–Trinajstić information content (AvgIpc) is 3.28. The predicted octanol–water partition coefficient (Wildman–Crippen LogP) is 0.773. The second kappa shape index (κ2) is 7.60. The number of piperazine rings is 1. The van der Waals surface area contributed by atoms with Gasteiger partial charge in [-0.1, -0.05) is 12.1 Å². The Morgan fingerprint density at radius 1 is 1.13 bits per heavy atom. The number of furan rings is 1. The maximum Gasteiger partial charge on any atom is 0.289 e. The molecule has 8 nitrogen and oxygen atoms in total. The first-order chi connectivity index (χ1) is 14.3. The van der Waals surface area contributed by atoms with E-state index in [2.05, 4.69) is 5.32 Å². The van der Waals surface area contributed by atoms with Gasteiger partial charge in [-0.3, -0.25) is 19.3 Å². The van der Waals surface area contributed by atoms with E-state index < -0.39 is 5.54 Å². The van der Waals surface area contributed by atoms with Gasteiger partial charge in [0.25, 0.3) is 11.8 Å². The highest BCUT2D eigenvalue weighted by Gasteiger charge is 2.46. The molecular weight excluding hydrogens is 384 g/mol. The fraction of sp³-hybridized carbons (Fsp3) is 0.409. The van der Waals surface area contributed by atoms with Gasteiger partial charge in [-0.15, -0.1) is 0 Å². The zero-order valence-electron chi connectivity index (χ0n) is 17.5. The topological polar surface area (TPSA) is 87.3 Å². The Labute approximate surface area is 175 Å². The second-order valence-corrected chi connectivity index (χ2v) is 8.35. The molecule has 1 fully saturated rings. The second-order valence-electron chi connectivity index (χ2n) is 8.35. The highest BCUT2D eigenvalue weighted by Crippen LogP contribution is 2.36. The van der Waals surface area contributed by atoms with Gasteiger partial charge in [0.15, 0.2) is 11.8 Å². The fourth-order valence-corrected chi connectivity index (χ4v) is 4.20. The summed E-state index contributed by atoms with van der Waals surface area (Å²) in [6.45, 7) is 7.83. The van der Waals surface area contributed by atoms with Crippen LogP contribution in [0.2, 0.25) is 0 Å². The third-order valence-electron chi connectivity index (χ3n) is 6.14. The molecule has 1 atom stereocenters. The van der Waals surface area contributed by atoms with Crippen LogP contribution in [0.1, 0.15) is 31.3 Å². The van der Waals surface area contributed by atoms with E-state index in [0.717, 1.165) is 4.90 Å². The SMILES string of the molecule is C[C@@H](C(=O)N1c2ccccc2NC(=O)C1(C)C)[NH+]1CCN(C(=O)c2ccco2)CC1. The molecule has 30 heavy (non-hydrogen) atoms. The molecule has 3 amide bonds. The molecule has 0 bridgehead atoms. The molecule has 1 aromatic carbocycles. The summed E-state index contributed by atoms with van der Waals surface area (Å²) in [6.07, 6.45) is 1.49. The minimum atomic E-state index is -0.990. The Morgan fingerprint density at radius 2 is 1.83 bits per heavy atom. The number of anilines is 2. The number of amides is 3. The van der Waals surface area contributed by atoms with E-state index in [4.69, 9.17) is 4.42 Å². The Kier molecular flexibility index (Phi) is 5.11. The summed E-state index contributed by atoms with van der Waals surface area (Å²) in [4.78, 5) is 43.2. The number of hydrogen-bond acceptors (Lipinski definition) is 4. The lowest BCUT2D eigenvalue weighted by Crippen LogP contribution is -3.19. The molecule has 0 aliphatic carbocycles. The van der Waals surface area contributed by atoms with Crippen molar-refractivity contribution in [1.82, 2.24) is 4.90 Å². The van der Waals surface area contributed by atoms with Crippen molar-refractivity contribution in [2.75, 3.05) is 36.4 Å². The number of nitrogens with one attached hydrogen (secondary N) is 2. The van der Waals surface area contributed by atoms with Crippen LogP contribution in [-0.2, 0) is 9.59 Å². The lowest BCUT2D eigenvalue weighted by molar-refractivity contribution is -0.917. The molecule has 2 aromatic rings. The third-order valence-corrected chi connectivity index (χ3v) is 6.14. The summed E-state index contributed by atoms with van der Waals surface area (Å²) in [5, 5.41) is 2.89. The van der Waals surface area contributed by atoms with E-state index in [1.807, 2.05) is 25.1 Å². The van der Waals surface area contributed by atoms with Gasteiger partial charge in [0.05, 0.1) is 43.8 Å². The molecule has 1 aromatic heterocycles. The molecule has 2 aliphatic heterocycles. The van der Waals surface area contributed by atoms with E-state index in [1.54, 1.807) is 41.8 Å². The van der Waals surface area contributed by atoms with E-state index in [-0.39, 0.29) is 23.8 Å². The van der Waals surface area contributed by atoms with Crippen LogP contribution >= 0.6 is 0 Å². The fourth-order valence-electron chi connectivity index (χ4n) is 4.20. The average molecular weight is 411 g/mol. The first-order valence-corrected chi connectivity index (χ1v) is 10.2. The van der Waals surface area contributed by atoms with Crippen molar-refractivity contribution >= 4 is 29.1 Å². The number of quaternary nitrogens is 1. The van der Waals surface area contributed by atoms with Crippen LogP contribution in [-0.4, -0.2) is 60.4 Å². The van der Waals surface area contributed by atoms with E-state index in [0.29, 0.717) is 43.3 Å². The van der Waals surface area contributed by atoms with Crippen molar-refractivity contribution in [3.05, 3.63) is 48.4 Å². The first kappa shape index (κ1) is 20.2. The molecule has 8 heteroatoms. The molecule has 0 spiro atoms. The van der Waals surface area contributed by atoms with E-state index in [9.17, 15) is 14.4 Å². The van der Waals surface area contributed by atoms with Crippen LogP contribution in [0, 0.1) is 0 Å². The Bertz CT molecular complexity index is 961. The molecule has 158 valence electrons. The van der Waals surface area contributed by atoms with Crippen molar-refractivity contribution in [2.24, 2.45) is 0 Å². The molecule has 0 saturated carbocycles. The molecule has 1 saturated heterocycles. The van der Waals surface area contributed by atoms with E-state index in [1.165, 1.54) is 6.26 Å². The largest absolute Gasteiger partial charge is 0.459 e. The zero-order valence-corrected chi connectivity index (χ0v) is 17.5. The highest BCUT2D eigenvalue weighted by atomic mass is 16.3. The van der Waals surface area contributed by atoms with Crippen molar-refractivity contribution in [2.45, 2.75) is 32.4 Å². The number of hydrogen-bond donors (Lipinski definition) is 2. The van der Waals surface area contributed by atoms with Crippen LogP contribution in [0.15, 0.2) is 47.1 Å². The van der Waals surface area contributed by atoms with Gasteiger partial charge >= 0.3 is 0 Å². The summed E-state index contributed by atoms with van der Waals surface area (Å²) < 4.78 is 5.21. The quantitative estimate of drug-likeness (QED) is 0.781. The van der Waals surface area contributed by atoms with Crippen LogP contribution in [0.4, 0.5) is 11.4 Å². The molecule has 2 aliphatic rings. The summed E-state index contributed by atoms with van der Waals surface area (Å²) in [5.74, 6) is -0.0882. The van der Waals surface area contributed by atoms with Gasteiger partial charge in [-0.25, -0.2) is 0 Å². The van der Waals surface area contributed by atoms with Crippen molar-refractivity contribution < 1.29 is 23.7 Å². The van der Waals surface area contributed by atoms with Crippen LogP contribution in [0.25, 0.3) is 0 Å². The first-order valence-electron chi connectivity index (χ1n) is 10.2. The smallest absolute Gasteiger partial charge is 0.289 e. The lowest BCUT2D eigenvalue weighted by atomic mass is 9.95. The Balaban J connectivity index is 1.49. The van der Waals surface area contributed by atoms with Gasteiger partial charge in [-0.2, -0.15) is 0 Å². The normalized spacial score (nSPS) is 19.8. The van der Waals surface area contributed by atoms with Crippen molar-refractivity contribution in [1.29, 1.82) is 0 Å². The van der Waals surface area contributed by atoms with Crippen molar-refractivity contribution in [3.63, 3.8) is 0 Å². The number of carbonyl (C=O) groups excluding carboxylic acids is 3. The van der Waals surface area contributed by atoms with Gasteiger partial charge in [0.2, 0.25) is 5.91 Å². The van der Waals surface area contributed by atoms with Crippen molar-refractivity contribution in [3.8, 4) is 0 Å². The molecule has 3 heterocycles. The minimum absolute atomic E-state index is 0.0943. The number of fused-ring (bicyclic) bond motifs is 1. The maximum atomic E-state index is 13.6. The zero-order chi connectivity index (χ0) is 21.5. The Hall–Kier alpha value is -3.13. The number of rotatable bonds is 3. The number of benzene rings is 1. The Morgan fingerprint density at radius 3 is 2.50 bits per heavy atom. The minimum Gasteiger partial charge on any atom is -0.459 e. The van der Waals surface area contributed by atoms with Gasteiger partial charge in [0.1, 0.15) is 5.54 Å². The van der Waals surface area contributed by atoms with Gasteiger partial charge < -0.3 is 19.5 Å². The molecule has 2 N–H and O–H groups in total. The number of nitrogens with zero attached hydrogens (tertiary/aromatic N) is 2. The summed E-state index contributed by atoms with van der Waals surface area (Å²) >= 11 is 0. The number of carbonyl (C=O) groups is 3. The molecule has 0 unspecified atom stereocenters. The highest BCUT2D eigenvalue weighted by molar-refractivity contribution is 6.14. The standard InChI is InChI=1S/C22H26N4O4/c1-15(24-10-12-25(13-11-24)20(28)18-9-6-14-30-18)19(27)26-17-8-5-4-7-16(17)23-21(29)22(26,2)3/h4-9,14-15H,10-13H2,1-3H3,(H,23,29)/p+1/t15-/m0/s1. The van der Waals surface area contributed by atoms with Gasteiger partial charge in [0, 0.05) is 0 Å². The summed E-state index contributed by atoms with van der Waals surface area (Å²) in [7, 11) is 0. The van der Waals surface area contributed by atoms with Crippen LogP contribution in [0.3, 0.4) is 0 Å². The predicted molar refractivity (Wildman–Crippen MR) is 111 cm³/mol. The third kappa shape index (κ3) is 3.37. The van der Waals surface area contributed by atoms with Crippen LogP contribution in [0.5, 0.6) is 0 Å². The molecular formula is C22H27N4O4+. The summed E-state index contributed by atoms with van der Waals surface area (Å²) in [5.41, 5.74) is 0.368. The number of para-hydroxylation sites is 2. The molecule has 0 radical (unpaired) electrons.